The van der Waals surface area contributed by atoms with Gasteiger partial charge in [0.1, 0.15) is 11.8 Å². The highest BCUT2D eigenvalue weighted by Gasteiger charge is 2.43. The molecule has 2 aromatic carbocycles. The first-order valence-electron chi connectivity index (χ1n) is 9.51. The SMILES string of the molecule is COc1ccc(N2C(=O)CC(N(CCc3ccc(S(N)(=O)=O)cc3)C(C)=O)C2=O)cc1. The number of rotatable bonds is 7. The third-order valence-electron chi connectivity index (χ3n) is 5.13. The largest absolute Gasteiger partial charge is 0.497 e. The summed E-state index contributed by atoms with van der Waals surface area (Å²) in [6.45, 7) is 1.54. The molecule has 3 amide bonds. The molecule has 0 aliphatic carbocycles. The second-order valence-electron chi connectivity index (χ2n) is 7.14. The number of nitrogens with two attached hydrogens (primary N) is 1. The van der Waals surface area contributed by atoms with E-state index in [9.17, 15) is 22.8 Å². The first kappa shape index (κ1) is 22.4. The highest BCUT2D eigenvalue weighted by Crippen LogP contribution is 2.27. The number of methoxy groups -OCH3 is 1. The molecule has 1 aliphatic heterocycles. The van der Waals surface area contributed by atoms with Crippen LogP contribution < -0.4 is 14.8 Å². The van der Waals surface area contributed by atoms with Crippen molar-refractivity contribution in [1.29, 1.82) is 0 Å². The Bertz CT molecular complexity index is 1100. The van der Waals surface area contributed by atoms with Gasteiger partial charge >= 0.3 is 0 Å². The molecule has 0 saturated carbocycles. The van der Waals surface area contributed by atoms with Crippen LogP contribution in [-0.4, -0.2) is 50.7 Å². The van der Waals surface area contributed by atoms with Crippen LogP contribution in [0.2, 0.25) is 0 Å². The van der Waals surface area contributed by atoms with Crippen LogP contribution in [-0.2, 0) is 30.8 Å². The highest BCUT2D eigenvalue weighted by atomic mass is 32.2. The number of sulfonamides is 1. The Morgan fingerprint density at radius 3 is 2.26 bits per heavy atom. The van der Waals surface area contributed by atoms with Crippen LogP contribution in [0.25, 0.3) is 0 Å². The van der Waals surface area contributed by atoms with E-state index in [1.54, 1.807) is 36.4 Å². The summed E-state index contributed by atoms with van der Waals surface area (Å²) in [6, 6.07) is 11.6. The van der Waals surface area contributed by atoms with E-state index in [-0.39, 0.29) is 29.7 Å². The number of anilines is 1. The molecule has 1 unspecified atom stereocenters. The number of imide groups is 1. The molecule has 31 heavy (non-hydrogen) atoms. The molecule has 1 fully saturated rings. The minimum absolute atomic E-state index is 0.00799. The summed E-state index contributed by atoms with van der Waals surface area (Å²) in [4.78, 5) is 40.2. The average Bonchev–Trinajstić information content (AvgIpc) is 3.01. The van der Waals surface area contributed by atoms with Crippen molar-refractivity contribution in [3.8, 4) is 5.75 Å². The van der Waals surface area contributed by atoms with Gasteiger partial charge < -0.3 is 9.64 Å². The summed E-state index contributed by atoms with van der Waals surface area (Å²) in [7, 11) is -2.27. The summed E-state index contributed by atoms with van der Waals surface area (Å²) in [5, 5.41) is 5.10. The van der Waals surface area contributed by atoms with E-state index in [1.807, 2.05) is 0 Å². The van der Waals surface area contributed by atoms with Crippen LogP contribution in [0.1, 0.15) is 18.9 Å². The van der Waals surface area contributed by atoms with Gasteiger partial charge in [0, 0.05) is 13.5 Å². The Balaban J connectivity index is 1.74. The van der Waals surface area contributed by atoms with Crippen molar-refractivity contribution < 1.29 is 27.5 Å². The van der Waals surface area contributed by atoms with Gasteiger partial charge in [-0.2, -0.15) is 0 Å². The summed E-state index contributed by atoms with van der Waals surface area (Å²) >= 11 is 0. The number of carbonyl (C=O) groups excluding carboxylic acids is 3. The first-order valence-corrected chi connectivity index (χ1v) is 11.1. The molecule has 3 rings (SSSR count). The number of ether oxygens (including phenoxy) is 1. The van der Waals surface area contributed by atoms with Crippen LogP contribution in [0.15, 0.2) is 53.4 Å². The van der Waals surface area contributed by atoms with Gasteiger partial charge in [0.05, 0.1) is 24.1 Å². The molecule has 1 saturated heterocycles. The van der Waals surface area contributed by atoms with Crippen LogP contribution in [0, 0.1) is 0 Å². The molecule has 0 aromatic heterocycles. The summed E-state index contributed by atoms with van der Waals surface area (Å²) in [5.74, 6) is -0.582. The van der Waals surface area contributed by atoms with Crippen molar-refractivity contribution >= 4 is 33.4 Å². The normalized spacial score (nSPS) is 16.5. The number of amides is 3. The molecule has 1 atom stereocenters. The molecule has 9 nitrogen and oxygen atoms in total. The van der Waals surface area contributed by atoms with Gasteiger partial charge in [0.2, 0.25) is 21.8 Å². The fourth-order valence-corrected chi connectivity index (χ4v) is 4.01. The Morgan fingerprint density at radius 2 is 1.74 bits per heavy atom. The molecule has 0 radical (unpaired) electrons. The van der Waals surface area contributed by atoms with Crippen molar-refractivity contribution in [3.63, 3.8) is 0 Å². The maximum Gasteiger partial charge on any atom is 0.257 e. The quantitative estimate of drug-likeness (QED) is 0.635. The number of hydrogen-bond donors (Lipinski definition) is 1. The smallest absolute Gasteiger partial charge is 0.257 e. The van der Waals surface area contributed by atoms with Gasteiger partial charge in [-0.3, -0.25) is 14.4 Å². The third-order valence-corrected chi connectivity index (χ3v) is 6.06. The van der Waals surface area contributed by atoms with Crippen LogP contribution in [0.3, 0.4) is 0 Å². The van der Waals surface area contributed by atoms with E-state index in [2.05, 4.69) is 0 Å². The topological polar surface area (TPSA) is 127 Å². The van der Waals surface area contributed by atoms with E-state index in [4.69, 9.17) is 9.88 Å². The number of primary sulfonamides is 1. The maximum absolute atomic E-state index is 13.0. The summed E-state index contributed by atoms with van der Waals surface area (Å²) < 4.78 is 27.8. The number of carbonyl (C=O) groups is 3. The molecular formula is C21H23N3O6S. The second kappa shape index (κ2) is 8.86. The molecule has 0 spiro atoms. The molecule has 0 bridgehead atoms. The monoisotopic (exact) mass is 445 g/mol. The van der Waals surface area contributed by atoms with Crippen LogP contribution in [0.5, 0.6) is 5.75 Å². The molecule has 2 aromatic rings. The zero-order valence-corrected chi connectivity index (χ0v) is 18.0. The lowest BCUT2D eigenvalue weighted by atomic mass is 10.1. The summed E-state index contributed by atoms with van der Waals surface area (Å²) in [5.41, 5.74) is 1.18. The van der Waals surface area contributed by atoms with Gasteiger partial charge in [-0.15, -0.1) is 0 Å². The van der Waals surface area contributed by atoms with Crippen molar-refractivity contribution in [2.45, 2.75) is 30.7 Å². The molecule has 1 aliphatic rings. The molecule has 164 valence electrons. The predicted molar refractivity (Wildman–Crippen MR) is 113 cm³/mol. The Hall–Kier alpha value is -3.24. The predicted octanol–water partition coefficient (Wildman–Crippen LogP) is 1.07. The van der Waals surface area contributed by atoms with Gasteiger partial charge in [0.25, 0.3) is 5.91 Å². The zero-order chi connectivity index (χ0) is 22.8. The minimum Gasteiger partial charge on any atom is -0.497 e. The van der Waals surface area contributed by atoms with Crippen molar-refractivity contribution in [2.24, 2.45) is 5.14 Å². The molecule has 1 heterocycles. The van der Waals surface area contributed by atoms with Crippen molar-refractivity contribution in [2.75, 3.05) is 18.6 Å². The van der Waals surface area contributed by atoms with E-state index in [0.717, 1.165) is 10.5 Å². The molecule has 2 N–H and O–H groups in total. The van der Waals surface area contributed by atoms with Crippen LogP contribution >= 0.6 is 0 Å². The zero-order valence-electron chi connectivity index (χ0n) is 17.1. The minimum atomic E-state index is -3.79. The Labute approximate surface area is 180 Å². The number of hydrogen-bond acceptors (Lipinski definition) is 6. The number of benzene rings is 2. The van der Waals surface area contributed by atoms with Gasteiger partial charge in [0.15, 0.2) is 0 Å². The van der Waals surface area contributed by atoms with E-state index < -0.39 is 22.0 Å². The van der Waals surface area contributed by atoms with E-state index in [1.165, 1.54) is 31.1 Å². The Morgan fingerprint density at radius 1 is 1.13 bits per heavy atom. The lowest BCUT2D eigenvalue weighted by molar-refractivity contribution is -0.136. The summed E-state index contributed by atoms with van der Waals surface area (Å²) in [6.07, 6.45) is 0.278. The average molecular weight is 445 g/mol. The molecule has 10 heteroatoms. The lowest BCUT2D eigenvalue weighted by Crippen LogP contribution is -2.45. The third kappa shape index (κ3) is 4.92. The van der Waals surface area contributed by atoms with E-state index >= 15 is 0 Å². The van der Waals surface area contributed by atoms with Gasteiger partial charge in [-0.25, -0.2) is 18.5 Å². The molecular weight excluding hydrogens is 422 g/mol. The van der Waals surface area contributed by atoms with Crippen LogP contribution in [0.4, 0.5) is 5.69 Å². The van der Waals surface area contributed by atoms with Crippen molar-refractivity contribution in [1.82, 2.24) is 4.90 Å². The maximum atomic E-state index is 13.0. The lowest BCUT2D eigenvalue weighted by Gasteiger charge is -2.26. The number of nitrogens with zero attached hydrogens (tertiary/aromatic N) is 2. The van der Waals surface area contributed by atoms with Crippen molar-refractivity contribution in [3.05, 3.63) is 54.1 Å². The second-order valence-corrected chi connectivity index (χ2v) is 8.70. The first-order chi connectivity index (χ1) is 14.6. The van der Waals surface area contributed by atoms with Gasteiger partial charge in [-0.05, 0) is 48.4 Å². The fourth-order valence-electron chi connectivity index (χ4n) is 3.49. The highest BCUT2D eigenvalue weighted by molar-refractivity contribution is 7.89. The van der Waals surface area contributed by atoms with Gasteiger partial charge in [-0.1, -0.05) is 12.1 Å². The Kier molecular flexibility index (Phi) is 6.42. The van der Waals surface area contributed by atoms with E-state index in [0.29, 0.717) is 17.9 Å². The fraction of sp³-hybridized carbons (Fsp3) is 0.286. The standard InChI is InChI=1S/C21H23N3O6S/c1-14(25)23(12-11-15-3-9-18(10-4-15)31(22,28)29)19-13-20(26)24(21(19)27)16-5-7-17(30-2)8-6-16/h3-10,19H,11-13H2,1-2H3,(H2,22,28,29).